The molecule has 4 rings (SSSR count). The van der Waals surface area contributed by atoms with Crippen molar-refractivity contribution in [1.29, 1.82) is 0 Å². The van der Waals surface area contributed by atoms with Crippen LogP contribution in [0.2, 0.25) is 0 Å². The smallest absolute Gasteiger partial charge is 0.254 e. The van der Waals surface area contributed by atoms with Crippen molar-refractivity contribution < 1.29 is 14.1 Å². The van der Waals surface area contributed by atoms with E-state index in [0.29, 0.717) is 22.9 Å². The monoisotopic (exact) mass is 466 g/mol. The Hall–Kier alpha value is -2.84. The molecule has 1 fully saturated rings. The molecule has 3 aromatic rings. The quantitative estimate of drug-likeness (QED) is 0.460. The number of benzene rings is 1. The van der Waals surface area contributed by atoms with E-state index < -0.39 is 0 Å². The van der Waals surface area contributed by atoms with Gasteiger partial charge in [-0.25, -0.2) is 4.98 Å². The van der Waals surface area contributed by atoms with E-state index in [4.69, 9.17) is 9.26 Å². The Labute approximate surface area is 198 Å². The number of aryl methyl sites for hydroxylation is 1. The lowest BCUT2D eigenvalue weighted by Gasteiger charge is -2.35. The van der Waals surface area contributed by atoms with Gasteiger partial charge in [0.2, 0.25) is 0 Å². The van der Waals surface area contributed by atoms with Crippen molar-refractivity contribution in [2.24, 2.45) is 0 Å². The molecule has 2 aromatic heterocycles. The minimum Gasteiger partial charge on any atom is -0.497 e. The van der Waals surface area contributed by atoms with Crippen LogP contribution in [0.4, 0.5) is 0 Å². The van der Waals surface area contributed by atoms with Crippen molar-refractivity contribution in [2.75, 3.05) is 26.7 Å². The van der Waals surface area contributed by atoms with E-state index in [1.54, 1.807) is 19.4 Å². The van der Waals surface area contributed by atoms with Crippen LogP contribution < -0.4 is 10.1 Å². The number of pyridine rings is 1. The number of methoxy groups -OCH3 is 1. The number of nitrogens with one attached hydrogen (secondary N) is 1. The maximum atomic E-state index is 13.2. The fourth-order valence-electron chi connectivity index (χ4n) is 4.11. The fourth-order valence-corrected chi connectivity index (χ4v) is 4.98. The van der Waals surface area contributed by atoms with Gasteiger partial charge < -0.3 is 14.6 Å². The third-order valence-electron chi connectivity index (χ3n) is 5.84. The van der Waals surface area contributed by atoms with Gasteiger partial charge in [-0.3, -0.25) is 9.69 Å². The molecule has 1 aromatic carbocycles. The van der Waals surface area contributed by atoms with Gasteiger partial charge in [-0.1, -0.05) is 35.5 Å². The number of likely N-dealkylation sites (tertiary alicyclic amines) is 1. The Morgan fingerprint density at radius 1 is 1.21 bits per heavy atom. The van der Waals surface area contributed by atoms with E-state index in [0.717, 1.165) is 30.3 Å². The third-order valence-corrected chi connectivity index (χ3v) is 6.88. The van der Waals surface area contributed by atoms with Crippen LogP contribution in [0.25, 0.3) is 0 Å². The average Bonchev–Trinajstić information content (AvgIpc) is 3.29. The minimum atomic E-state index is -0.113. The summed E-state index contributed by atoms with van der Waals surface area (Å²) in [6, 6.07) is 13.8. The molecular weight excluding hydrogens is 436 g/mol. The van der Waals surface area contributed by atoms with Crippen LogP contribution in [0.5, 0.6) is 5.75 Å². The van der Waals surface area contributed by atoms with Crippen LogP contribution >= 0.6 is 11.8 Å². The van der Waals surface area contributed by atoms with Gasteiger partial charge in [0, 0.05) is 24.6 Å². The number of hydrogen-bond donors (Lipinski definition) is 1. The summed E-state index contributed by atoms with van der Waals surface area (Å²) in [5, 5.41) is 7.88. The Morgan fingerprint density at radius 3 is 2.70 bits per heavy atom. The molecular formula is C25H30N4O3S. The van der Waals surface area contributed by atoms with Crippen molar-refractivity contribution in [3.8, 4) is 5.75 Å². The standard InChI is InChI=1S/C25H30N4O3S/c1-18-15-20(28-32-18)17-33-25-22(7-6-12-26-25)24(30)27-16-23(29-13-4-3-5-14-29)19-8-10-21(31-2)11-9-19/h6-12,15,23H,3-5,13-14,16-17H2,1-2H3,(H,27,30)/t23-/m0/s1. The number of hydrogen-bond acceptors (Lipinski definition) is 7. The Morgan fingerprint density at radius 2 is 2.00 bits per heavy atom. The highest BCUT2D eigenvalue weighted by molar-refractivity contribution is 7.98. The van der Waals surface area contributed by atoms with Crippen LogP contribution in [0.3, 0.4) is 0 Å². The molecule has 8 heteroatoms. The molecule has 0 bridgehead atoms. The number of thioether (sulfide) groups is 1. The van der Waals surface area contributed by atoms with E-state index >= 15 is 0 Å². The fraction of sp³-hybridized carbons (Fsp3) is 0.400. The van der Waals surface area contributed by atoms with Crippen molar-refractivity contribution >= 4 is 17.7 Å². The highest BCUT2D eigenvalue weighted by atomic mass is 32.2. The summed E-state index contributed by atoms with van der Waals surface area (Å²) in [4.78, 5) is 20.1. The second-order valence-electron chi connectivity index (χ2n) is 8.17. The molecule has 7 nitrogen and oxygen atoms in total. The summed E-state index contributed by atoms with van der Waals surface area (Å²) in [7, 11) is 1.67. The summed E-state index contributed by atoms with van der Waals surface area (Å²) in [5.74, 6) is 2.08. The summed E-state index contributed by atoms with van der Waals surface area (Å²) in [5.41, 5.74) is 2.59. The van der Waals surface area contributed by atoms with Crippen LogP contribution in [-0.4, -0.2) is 47.7 Å². The normalized spacial score (nSPS) is 15.2. The van der Waals surface area contributed by atoms with Gasteiger partial charge in [0.1, 0.15) is 16.5 Å². The SMILES string of the molecule is COc1ccc([C@H](CNC(=O)c2cccnc2SCc2cc(C)on2)N2CCCCC2)cc1. The highest BCUT2D eigenvalue weighted by Crippen LogP contribution is 2.27. The summed E-state index contributed by atoms with van der Waals surface area (Å²) >= 11 is 1.49. The van der Waals surface area contributed by atoms with Gasteiger partial charge in [0.15, 0.2) is 0 Å². The highest BCUT2D eigenvalue weighted by Gasteiger charge is 2.24. The molecule has 1 aliphatic rings. The molecule has 1 aliphatic heterocycles. The van der Waals surface area contributed by atoms with Crippen molar-refractivity contribution in [1.82, 2.24) is 20.4 Å². The van der Waals surface area contributed by atoms with Gasteiger partial charge in [0.05, 0.1) is 24.4 Å². The molecule has 0 saturated carbocycles. The van der Waals surface area contributed by atoms with E-state index in [2.05, 4.69) is 32.5 Å². The van der Waals surface area contributed by atoms with Crippen LogP contribution in [0.15, 0.2) is 58.2 Å². The number of aromatic nitrogens is 2. The number of carbonyl (C=O) groups is 1. The Balaban J connectivity index is 1.45. The van der Waals surface area contributed by atoms with E-state index in [1.165, 1.54) is 36.6 Å². The predicted molar refractivity (Wildman–Crippen MR) is 129 cm³/mol. The second kappa shape index (κ2) is 11.3. The topological polar surface area (TPSA) is 80.5 Å². The molecule has 174 valence electrons. The lowest BCUT2D eigenvalue weighted by Crippen LogP contribution is -2.40. The summed E-state index contributed by atoms with van der Waals surface area (Å²) < 4.78 is 10.5. The molecule has 1 N–H and O–H groups in total. The molecule has 1 atom stereocenters. The average molecular weight is 467 g/mol. The zero-order chi connectivity index (χ0) is 23.0. The first-order valence-electron chi connectivity index (χ1n) is 11.3. The van der Waals surface area contributed by atoms with Gasteiger partial charge >= 0.3 is 0 Å². The van der Waals surface area contributed by atoms with Crippen molar-refractivity contribution in [2.45, 2.75) is 43.0 Å². The number of amides is 1. The van der Waals surface area contributed by atoms with Crippen LogP contribution in [0, 0.1) is 6.92 Å². The van der Waals surface area contributed by atoms with Crippen LogP contribution in [-0.2, 0) is 5.75 Å². The van der Waals surface area contributed by atoms with E-state index in [9.17, 15) is 4.79 Å². The molecule has 33 heavy (non-hydrogen) atoms. The van der Waals surface area contributed by atoms with Gasteiger partial charge in [-0.2, -0.15) is 0 Å². The number of rotatable bonds is 9. The van der Waals surface area contributed by atoms with E-state index in [1.807, 2.05) is 31.2 Å². The zero-order valence-corrected chi connectivity index (χ0v) is 19.9. The predicted octanol–water partition coefficient (Wildman–Crippen LogP) is 4.64. The van der Waals surface area contributed by atoms with Gasteiger partial charge in [-0.15, -0.1) is 0 Å². The second-order valence-corrected chi connectivity index (χ2v) is 9.13. The third kappa shape index (κ3) is 6.15. The maximum Gasteiger partial charge on any atom is 0.254 e. The lowest BCUT2D eigenvalue weighted by atomic mass is 10.0. The number of carbonyl (C=O) groups excluding carboxylic acids is 1. The molecule has 0 aliphatic carbocycles. The molecule has 3 heterocycles. The lowest BCUT2D eigenvalue weighted by molar-refractivity contribution is 0.0921. The zero-order valence-electron chi connectivity index (χ0n) is 19.1. The van der Waals surface area contributed by atoms with Gasteiger partial charge in [0.25, 0.3) is 5.91 Å². The van der Waals surface area contributed by atoms with Crippen molar-refractivity contribution in [3.05, 3.63) is 71.2 Å². The molecule has 0 unspecified atom stereocenters. The number of piperidine rings is 1. The molecule has 0 radical (unpaired) electrons. The Bertz CT molecular complexity index is 1050. The molecule has 1 amide bonds. The Kier molecular flexibility index (Phi) is 8.01. The van der Waals surface area contributed by atoms with Gasteiger partial charge in [-0.05, 0) is 62.7 Å². The van der Waals surface area contributed by atoms with E-state index in [-0.39, 0.29) is 11.9 Å². The largest absolute Gasteiger partial charge is 0.497 e. The molecule has 1 saturated heterocycles. The molecule has 0 spiro atoms. The number of nitrogens with zero attached hydrogens (tertiary/aromatic N) is 3. The van der Waals surface area contributed by atoms with Crippen LogP contribution in [0.1, 0.15) is 52.7 Å². The first-order valence-corrected chi connectivity index (χ1v) is 12.3. The summed E-state index contributed by atoms with van der Waals surface area (Å²) in [6.07, 6.45) is 5.34. The first-order chi connectivity index (χ1) is 16.1. The number of ether oxygens (including phenoxy) is 1. The minimum absolute atomic E-state index is 0.113. The van der Waals surface area contributed by atoms with Crippen molar-refractivity contribution in [3.63, 3.8) is 0 Å². The first kappa shape index (κ1) is 23.3. The summed E-state index contributed by atoms with van der Waals surface area (Å²) in [6.45, 7) is 4.48. The maximum absolute atomic E-state index is 13.2.